The number of carbonyl (C=O) groups is 1. The van der Waals surface area contributed by atoms with Gasteiger partial charge in [0.2, 0.25) is 0 Å². The van der Waals surface area contributed by atoms with E-state index in [2.05, 4.69) is 18.6 Å². The molecule has 1 saturated heterocycles. The first kappa shape index (κ1) is 19.7. The van der Waals surface area contributed by atoms with Gasteiger partial charge in [0, 0.05) is 23.7 Å². The second kappa shape index (κ2) is 7.90. The first-order valence-corrected chi connectivity index (χ1v) is 10.8. The van der Waals surface area contributed by atoms with E-state index in [1.807, 2.05) is 4.90 Å². The molecule has 0 aliphatic carbocycles. The Balaban J connectivity index is 1.83. The van der Waals surface area contributed by atoms with Crippen molar-refractivity contribution in [2.24, 2.45) is 11.8 Å². The summed E-state index contributed by atoms with van der Waals surface area (Å²) in [4.78, 5) is 14.7. The number of rotatable bonds is 4. The lowest BCUT2D eigenvalue weighted by atomic mass is 9.91. The number of hydrogen-bond acceptors (Lipinski definition) is 3. The van der Waals surface area contributed by atoms with Crippen LogP contribution < -0.4 is 4.72 Å². The molecule has 1 aliphatic heterocycles. The summed E-state index contributed by atoms with van der Waals surface area (Å²) in [5.41, 5.74) is 0.753. The number of piperidine rings is 1. The second-order valence-corrected chi connectivity index (χ2v) is 9.42. The molecule has 7 heteroatoms. The highest BCUT2D eigenvalue weighted by atomic mass is 35.5. The molecule has 2 atom stereocenters. The molecular formula is C20H23ClN2O3S. The van der Waals surface area contributed by atoms with Gasteiger partial charge < -0.3 is 4.90 Å². The monoisotopic (exact) mass is 406 g/mol. The normalized spacial score (nSPS) is 20.3. The Hall–Kier alpha value is -2.05. The fraction of sp³-hybridized carbons (Fsp3) is 0.350. The molecular weight excluding hydrogens is 384 g/mol. The SMILES string of the molecule is CC1CC(C)CN(C(=O)c2cccc(S(=O)(=O)Nc3cccc(Cl)c3)c2)C1. The van der Waals surface area contributed by atoms with E-state index in [1.165, 1.54) is 18.2 Å². The summed E-state index contributed by atoms with van der Waals surface area (Å²) >= 11 is 5.91. The van der Waals surface area contributed by atoms with Crippen LogP contribution >= 0.6 is 11.6 Å². The average Bonchev–Trinajstić information content (AvgIpc) is 2.60. The maximum absolute atomic E-state index is 12.9. The molecule has 0 radical (unpaired) electrons. The summed E-state index contributed by atoms with van der Waals surface area (Å²) in [5, 5.41) is 0.437. The molecule has 3 rings (SSSR count). The third-order valence-electron chi connectivity index (χ3n) is 4.62. The van der Waals surface area contributed by atoms with Crippen LogP contribution in [0.5, 0.6) is 0 Å². The zero-order chi connectivity index (χ0) is 19.6. The predicted molar refractivity (Wildman–Crippen MR) is 108 cm³/mol. The Morgan fingerprint density at radius 1 is 1.07 bits per heavy atom. The zero-order valence-corrected chi connectivity index (χ0v) is 16.9. The fourth-order valence-electron chi connectivity index (χ4n) is 3.57. The lowest BCUT2D eigenvalue weighted by molar-refractivity contribution is 0.0623. The van der Waals surface area contributed by atoms with Gasteiger partial charge in [0.15, 0.2) is 0 Å². The first-order chi connectivity index (χ1) is 12.7. The molecule has 2 unspecified atom stereocenters. The highest BCUT2D eigenvalue weighted by Crippen LogP contribution is 2.24. The van der Waals surface area contributed by atoms with Crippen molar-refractivity contribution in [3.05, 3.63) is 59.1 Å². The quantitative estimate of drug-likeness (QED) is 0.824. The van der Waals surface area contributed by atoms with Crippen LogP contribution in [0.1, 0.15) is 30.6 Å². The number of hydrogen-bond donors (Lipinski definition) is 1. The summed E-state index contributed by atoms with van der Waals surface area (Å²) in [6.07, 6.45) is 1.10. The van der Waals surface area contributed by atoms with Crippen LogP contribution in [0, 0.1) is 11.8 Å². The summed E-state index contributed by atoms with van der Waals surface area (Å²) < 4.78 is 27.9. The van der Waals surface area contributed by atoms with Gasteiger partial charge in [-0.2, -0.15) is 0 Å². The fourth-order valence-corrected chi connectivity index (χ4v) is 4.86. The molecule has 0 aromatic heterocycles. The summed E-state index contributed by atoms with van der Waals surface area (Å²) in [7, 11) is -3.82. The third kappa shape index (κ3) is 4.82. The van der Waals surface area contributed by atoms with Crippen LogP contribution in [0.4, 0.5) is 5.69 Å². The Labute approximate surface area is 165 Å². The molecule has 0 spiro atoms. The van der Waals surface area contributed by atoms with Crippen molar-refractivity contribution in [1.82, 2.24) is 4.90 Å². The topological polar surface area (TPSA) is 66.5 Å². The molecule has 2 aromatic carbocycles. The number of anilines is 1. The Morgan fingerprint density at radius 3 is 2.41 bits per heavy atom. The third-order valence-corrected chi connectivity index (χ3v) is 6.24. The molecule has 1 N–H and O–H groups in total. The van der Waals surface area contributed by atoms with Crippen molar-refractivity contribution in [2.75, 3.05) is 17.8 Å². The van der Waals surface area contributed by atoms with Crippen molar-refractivity contribution in [1.29, 1.82) is 0 Å². The van der Waals surface area contributed by atoms with Crippen molar-refractivity contribution in [3.8, 4) is 0 Å². The smallest absolute Gasteiger partial charge is 0.261 e. The molecule has 1 fully saturated rings. The van der Waals surface area contributed by atoms with Gasteiger partial charge >= 0.3 is 0 Å². The van der Waals surface area contributed by atoms with Crippen LogP contribution in [-0.2, 0) is 10.0 Å². The lowest BCUT2D eigenvalue weighted by Gasteiger charge is -2.35. The summed E-state index contributed by atoms with van der Waals surface area (Å²) in [6, 6.07) is 12.6. The number of carbonyl (C=O) groups excluding carboxylic acids is 1. The van der Waals surface area contributed by atoms with Crippen LogP contribution in [0.3, 0.4) is 0 Å². The van der Waals surface area contributed by atoms with E-state index in [1.54, 1.807) is 30.3 Å². The van der Waals surface area contributed by atoms with E-state index < -0.39 is 10.0 Å². The minimum absolute atomic E-state index is 0.0476. The van der Waals surface area contributed by atoms with Gasteiger partial charge in [0.1, 0.15) is 0 Å². The lowest BCUT2D eigenvalue weighted by Crippen LogP contribution is -2.42. The molecule has 1 heterocycles. The van der Waals surface area contributed by atoms with E-state index >= 15 is 0 Å². The number of amides is 1. The Morgan fingerprint density at radius 2 is 1.74 bits per heavy atom. The number of likely N-dealkylation sites (tertiary alicyclic amines) is 1. The van der Waals surface area contributed by atoms with Crippen LogP contribution in [0.25, 0.3) is 0 Å². The number of halogens is 1. The molecule has 1 aliphatic rings. The van der Waals surface area contributed by atoms with Gasteiger partial charge in [-0.25, -0.2) is 8.42 Å². The predicted octanol–water partition coefficient (Wildman–Crippen LogP) is 4.26. The maximum Gasteiger partial charge on any atom is 0.261 e. The van der Waals surface area contributed by atoms with E-state index in [-0.39, 0.29) is 10.8 Å². The number of nitrogens with one attached hydrogen (secondary N) is 1. The van der Waals surface area contributed by atoms with Gasteiger partial charge in [-0.1, -0.05) is 37.6 Å². The van der Waals surface area contributed by atoms with Gasteiger partial charge in [-0.05, 0) is 54.7 Å². The van der Waals surface area contributed by atoms with Crippen molar-refractivity contribution >= 4 is 33.2 Å². The van der Waals surface area contributed by atoms with Gasteiger partial charge in [0.05, 0.1) is 10.6 Å². The van der Waals surface area contributed by atoms with E-state index in [0.29, 0.717) is 41.2 Å². The Kier molecular flexibility index (Phi) is 5.77. The van der Waals surface area contributed by atoms with E-state index in [4.69, 9.17) is 11.6 Å². The minimum Gasteiger partial charge on any atom is -0.338 e. The van der Waals surface area contributed by atoms with Gasteiger partial charge in [0.25, 0.3) is 15.9 Å². The molecule has 0 bridgehead atoms. The molecule has 27 heavy (non-hydrogen) atoms. The molecule has 1 amide bonds. The Bertz CT molecular complexity index is 936. The number of benzene rings is 2. The minimum atomic E-state index is -3.82. The van der Waals surface area contributed by atoms with E-state index in [0.717, 1.165) is 6.42 Å². The van der Waals surface area contributed by atoms with Crippen molar-refractivity contribution < 1.29 is 13.2 Å². The number of sulfonamides is 1. The molecule has 2 aromatic rings. The van der Waals surface area contributed by atoms with Crippen LogP contribution in [0.2, 0.25) is 5.02 Å². The van der Waals surface area contributed by atoms with Crippen LogP contribution in [0.15, 0.2) is 53.4 Å². The number of nitrogens with zero attached hydrogens (tertiary/aromatic N) is 1. The zero-order valence-electron chi connectivity index (χ0n) is 15.4. The molecule has 0 saturated carbocycles. The second-order valence-electron chi connectivity index (χ2n) is 7.30. The van der Waals surface area contributed by atoms with Gasteiger partial charge in [-0.15, -0.1) is 0 Å². The highest BCUT2D eigenvalue weighted by molar-refractivity contribution is 7.92. The van der Waals surface area contributed by atoms with Gasteiger partial charge in [-0.3, -0.25) is 9.52 Å². The summed E-state index contributed by atoms with van der Waals surface area (Å²) in [6.45, 7) is 5.65. The summed E-state index contributed by atoms with van der Waals surface area (Å²) in [5.74, 6) is 0.747. The van der Waals surface area contributed by atoms with Crippen LogP contribution in [-0.4, -0.2) is 32.3 Å². The van der Waals surface area contributed by atoms with Crippen molar-refractivity contribution in [3.63, 3.8) is 0 Å². The average molecular weight is 407 g/mol. The molecule has 144 valence electrons. The van der Waals surface area contributed by atoms with Crippen molar-refractivity contribution in [2.45, 2.75) is 25.2 Å². The first-order valence-electron chi connectivity index (χ1n) is 8.92. The molecule has 5 nitrogen and oxygen atoms in total. The highest BCUT2D eigenvalue weighted by Gasteiger charge is 2.27. The maximum atomic E-state index is 12.9. The standard InChI is InChI=1S/C20H23ClN2O3S/c1-14-9-15(2)13-23(12-14)20(24)16-5-3-8-19(10-16)27(25,26)22-18-7-4-6-17(21)11-18/h3-8,10-11,14-15,22H,9,12-13H2,1-2H3. The van der Waals surface area contributed by atoms with E-state index in [9.17, 15) is 13.2 Å². The largest absolute Gasteiger partial charge is 0.338 e.